The number of aromatic amines is 1. The average molecular weight is 298 g/mol. The number of sulfonamides is 1. The first-order valence-electron chi connectivity index (χ1n) is 6.16. The summed E-state index contributed by atoms with van der Waals surface area (Å²) in [7, 11) is -1.84. The van der Waals surface area contributed by atoms with Gasteiger partial charge < -0.3 is 5.73 Å². The fourth-order valence-corrected chi connectivity index (χ4v) is 3.11. The van der Waals surface area contributed by atoms with Crippen LogP contribution in [0.25, 0.3) is 0 Å². The van der Waals surface area contributed by atoms with Gasteiger partial charge in [0.25, 0.3) is 10.0 Å². The summed E-state index contributed by atoms with van der Waals surface area (Å²) in [6.45, 7) is 2.12. The van der Waals surface area contributed by atoms with Crippen LogP contribution in [0.2, 0.25) is 0 Å². The summed E-state index contributed by atoms with van der Waals surface area (Å²) in [6, 6.07) is 1.85. The topological polar surface area (TPSA) is 119 Å². The minimum atomic E-state index is -3.65. The number of rotatable bonds is 6. The van der Waals surface area contributed by atoms with Crippen molar-refractivity contribution >= 4 is 10.0 Å². The van der Waals surface area contributed by atoms with Gasteiger partial charge in [0.2, 0.25) is 0 Å². The molecule has 0 aliphatic heterocycles. The maximum atomic E-state index is 12.1. The van der Waals surface area contributed by atoms with E-state index in [2.05, 4.69) is 20.0 Å². The van der Waals surface area contributed by atoms with Gasteiger partial charge >= 0.3 is 0 Å². The van der Waals surface area contributed by atoms with Gasteiger partial charge in [-0.25, -0.2) is 13.1 Å². The molecule has 0 amide bonds. The minimum absolute atomic E-state index is 0.0291. The van der Waals surface area contributed by atoms with Crippen molar-refractivity contribution in [2.75, 3.05) is 6.54 Å². The molecule has 4 N–H and O–H groups in total. The largest absolute Gasteiger partial charge is 0.326 e. The van der Waals surface area contributed by atoms with Crippen LogP contribution in [0.15, 0.2) is 17.3 Å². The number of hydrogen-bond donors (Lipinski definition) is 3. The lowest BCUT2D eigenvalue weighted by Crippen LogP contribution is -2.27. The van der Waals surface area contributed by atoms with Gasteiger partial charge in [0.1, 0.15) is 0 Å². The van der Waals surface area contributed by atoms with E-state index in [1.54, 1.807) is 11.6 Å². The summed E-state index contributed by atoms with van der Waals surface area (Å²) in [4.78, 5) is 0. The molecule has 2 rings (SSSR count). The number of nitrogens with two attached hydrogens (primary N) is 1. The van der Waals surface area contributed by atoms with Crippen molar-refractivity contribution in [3.8, 4) is 0 Å². The van der Waals surface area contributed by atoms with E-state index in [0.717, 1.165) is 5.69 Å². The lowest BCUT2D eigenvalue weighted by Gasteiger charge is -2.05. The molecular weight excluding hydrogens is 280 g/mol. The molecule has 9 heteroatoms. The molecule has 110 valence electrons. The van der Waals surface area contributed by atoms with Gasteiger partial charge in [0.05, 0.1) is 5.69 Å². The van der Waals surface area contributed by atoms with Crippen LogP contribution in [-0.2, 0) is 30.0 Å². The van der Waals surface area contributed by atoms with Gasteiger partial charge in [0, 0.05) is 44.0 Å². The average Bonchev–Trinajstić information content (AvgIpc) is 2.95. The third-order valence-corrected chi connectivity index (χ3v) is 4.37. The summed E-state index contributed by atoms with van der Waals surface area (Å²) in [5.74, 6) is 0. The zero-order chi connectivity index (χ0) is 14.8. The summed E-state index contributed by atoms with van der Waals surface area (Å²) in [6.07, 6.45) is 2.33. The molecule has 0 atom stereocenters. The minimum Gasteiger partial charge on any atom is -0.326 e. The van der Waals surface area contributed by atoms with Crippen molar-refractivity contribution in [1.29, 1.82) is 0 Å². The number of nitrogens with one attached hydrogen (secondary N) is 2. The monoisotopic (exact) mass is 298 g/mol. The van der Waals surface area contributed by atoms with E-state index in [1.807, 2.05) is 19.3 Å². The summed E-state index contributed by atoms with van der Waals surface area (Å²) in [5.41, 5.74) is 7.55. The summed E-state index contributed by atoms with van der Waals surface area (Å²) >= 11 is 0. The number of nitrogens with zero attached hydrogens (tertiary/aromatic N) is 3. The molecule has 2 heterocycles. The van der Waals surface area contributed by atoms with E-state index in [-0.39, 0.29) is 18.1 Å². The Kier molecular flexibility index (Phi) is 4.21. The second-order valence-corrected chi connectivity index (χ2v) is 6.15. The lowest BCUT2D eigenvalue weighted by molar-refractivity contribution is 0.575. The highest BCUT2D eigenvalue weighted by atomic mass is 32.2. The van der Waals surface area contributed by atoms with Crippen LogP contribution in [0.4, 0.5) is 0 Å². The quantitative estimate of drug-likeness (QED) is 0.660. The van der Waals surface area contributed by atoms with Crippen LogP contribution in [0, 0.1) is 6.92 Å². The van der Waals surface area contributed by atoms with Crippen LogP contribution in [0.1, 0.15) is 17.0 Å². The Bertz CT molecular complexity index is 688. The molecule has 0 saturated heterocycles. The highest BCUT2D eigenvalue weighted by Crippen LogP contribution is 2.15. The van der Waals surface area contributed by atoms with E-state index in [0.29, 0.717) is 17.7 Å². The molecule has 0 saturated carbocycles. The van der Waals surface area contributed by atoms with Gasteiger partial charge in [0.15, 0.2) is 5.03 Å². The number of hydrogen-bond acceptors (Lipinski definition) is 5. The fourth-order valence-electron chi connectivity index (χ4n) is 1.87. The second kappa shape index (κ2) is 5.73. The molecule has 0 bridgehead atoms. The SMILES string of the molecule is Cc1[nH]nc(S(=O)(=O)NCCc2ccn(C)n2)c1CN. The van der Waals surface area contributed by atoms with E-state index in [1.165, 1.54) is 0 Å². The Labute approximate surface area is 117 Å². The van der Waals surface area contributed by atoms with E-state index in [9.17, 15) is 8.42 Å². The van der Waals surface area contributed by atoms with Gasteiger partial charge in [-0.05, 0) is 13.0 Å². The molecule has 8 nitrogen and oxygen atoms in total. The Morgan fingerprint density at radius 3 is 2.85 bits per heavy atom. The molecule has 0 radical (unpaired) electrons. The normalized spacial score (nSPS) is 11.9. The van der Waals surface area contributed by atoms with Gasteiger partial charge in [-0.3, -0.25) is 9.78 Å². The van der Waals surface area contributed by atoms with Crippen LogP contribution < -0.4 is 10.5 Å². The first-order valence-corrected chi connectivity index (χ1v) is 7.64. The number of aryl methyl sites for hydroxylation is 2. The standard InChI is InChI=1S/C11H18N6O2S/c1-8-10(7-12)11(15-14-8)20(18,19)13-5-3-9-4-6-17(2)16-9/h4,6,13H,3,5,7,12H2,1-2H3,(H,14,15). The number of H-pyrrole nitrogens is 1. The number of aromatic nitrogens is 4. The van der Waals surface area contributed by atoms with E-state index in [4.69, 9.17) is 5.73 Å². The molecule has 0 aromatic carbocycles. The summed E-state index contributed by atoms with van der Waals surface area (Å²) < 4.78 is 28.5. The zero-order valence-corrected chi connectivity index (χ0v) is 12.2. The van der Waals surface area contributed by atoms with Crippen molar-refractivity contribution in [2.24, 2.45) is 12.8 Å². The molecular formula is C11H18N6O2S. The Balaban J connectivity index is 2.04. The first-order chi connectivity index (χ1) is 9.44. The zero-order valence-electron chi connectivity index (χ0n) is 11.4. The predicted octanol–water partition coefficient (Wildman–Crippen LogP) is -0.569. The Hall–Kier alpha value is -1.71. The van der Waals surface area contributed by atoms with Crippen LogP contribution in [-0.4, -0.2) is 34.9 Å². The second-order valence-electron chi connectivity index (χ2n) is 4.46. The lowest BCUT2D eigenvalue weighted by atomic mass is 10.3. The molecule has 2 aromatic rings. The maximum absolute atomic E-state index is 12.1. The molecule has 0 fully saturated rings. The van der Waals surface area contributed by atoms with Crippen molar-refractivity contribution in [3.63, 3.8) is 0 Å². The maximum Gasteiger partial charge on any atom is 0.260 e. The highest BCUT2D eigenvalue weighted by molar-refractivity contribution is 7.89. The molecule has 0 aliphatic rings. The Morgan fingerprint density at radius 1 is 1.50 bits per heavy atom. The highest BCUT2D eigenvalue weighted by Gasteiger charge is 2.22. The third-order valence-electron chi connectivity index (χ3n) is 2.94. The first kappa shape index (κ1) is 14.7. The molecule has 20 heavy (non-hydrogen) atoms. The Morgan fingerprint density at radius 2 is 2.25 bits per heavy atom. The van der Waals surface area contributed by atoms with Crippen LogP contribution >= 0.6 is 0 Å². The van der Waals surface area contributed by atoms with Crippen LogP contribution in [0.3, 0.4) is 0 Å². The molecule has 0 aliphatic carbocycles. The molecule has 0 unspecified atom stereocenters. The van der Waals surface area contributed by atoms with E-state index < -0.39 is 10.0 Å². The van der Waals surface area contributed by atoms with Crippen molar-refractivity contribution in [3.05, 3.63) is 29.2 Å². The van der Waals surface area contributed by atoms with Crippen LogP contribution in [0.5, 0.6) is 0 Å². The smallest absolute Gasteiger partial charge is 0.260 e. The van der Waals surface area contributed by atoms with Crippen molar-refractivity contribution in [1.82, 2.24) is 24.7 Å². The van der Waals surface area contributed by atoms with Gasteiger partial charge in [-0.1, -0.05) is 0 Å². The van der Waals surface area contributed by atoms with Gasteiger partial charge in [-0.2, -0.15) is 10.2 Å². The van der Waals surface area contributed by atoms with E-state index >= 15 is 0 Å². The molecule has 2 aromatic heterocycles. The predicted molar refractivity (Wildman–Crippen MR) is 73.3 cm³/mol. The molecule has 0 spiro atoms. The third kappa shape index (κ3) is 3.06. The summed E-state index contributed by atoms with van der Waals surface area (Å²) in [5, 5.41) is 10.6. The fraction of sp³-hybridized carbons (Fsp3) is 0.455. The van der Waals surface area contributed by atoms with Crippen molar-refractivity contribution < 1.29 is 8.42 Å². The van der Waals surface area contributed by atoms with Crippen molar-refractivity contribution in [2.45, 2.75) is 24.9 Å². The van der Waals surface area contributed by atoms with Gasteiger partial charge in [-0.15, -0.1) is 0 Å².